The van der Waals surface area contributed by atoms with Crippen molar-refractivity contribution in [2.24, 2.45) is 0 Å². The summed E-state index contributed by atoms with van der Waals surface area (Å²) in [5.74, 6) is -0.382. The molecule has 2 rings (SSSR count). The lowest BCUT2D eigenvalue weighted by molar-refractivity contribution is 0.626. The minimum absolute atomic E-state index is 0.302. The SMILES string of the molecule is O=c1cnc(Br)cn1-c1cccc(F)c1. The van der Waals surface area contributed by atoms with Crippen molar-refractivity contribution in [3.63, 3.8) is 0 Å². The Morgan fingerprint density at radius 1 is 1.40 bits per heavy atom. The second kappa shape index (κ2) is 3.94. The molecule has 0 fully saturated rings. The van der Waals surface area contributed by atoms with Crippen molar-refractivity contribution >= 4 is 15.9 Å². The van der Waals surface area contributed by atoms with E-state index in [4.69, 9.17) is 0 Å². The number of nitrogens with zero attached hydrogens (tertiary/aromatic N) is 2. The monoisotopic (exact) mass is 268 g/mol. The Bertz CT molecular complexity index is 553. The number of benzene rings is 1. The summed E-state index contributed by atoms with van der Waals surface area (Å²) in [7, 11) is 0. The van der Waals surface area contributed by atoms with Crippen LogP contribution in [0, 0.1) is 5.82 Å². The number of hydrogen-bond acceptors (Lipinski definition) is 2. The summed E-state index contributed by atoms with van der Waals surface area (Å²) in [6, 6.07) is 5.81. The van der Waals surface area contributed by atoms with Crippen LogP contribution in [0.5, 0.6) is 0 Å². The van der Waals surface area contributed by atoms with Crippen molar-refractivity contribution in [3.05, 3.63) is 57.4 Å². The van der Waals surface area contributed by atoms with Crippen molar-refractivity contribution in [1.82, 2.24) is 9.55 Å². The number of hydrogen-bond donors (Lipinski definition) is 0. The van der Waals surface area contributed by atoms with Gasteiger partial charge in [-0.05, 0) is 34.1 Å². The third-order valence-electron chi connectivity index (χ3n) is 1.86. The average Bonchev–Trinajstić information content (AvgIpc) is 2.22. The van der Waals surface area contributed by atoms with E-state index in [1.165, 1.54) is 29.1 Å². The molecule has 0 aliphatic rings. The van der Waals surface area contributed by atoms with Crippen LogP contribution in [0.1, 0.15) is 0 Å². The standard InChI is InChI=1S/C10H6BrFN2O/c11-9-6-14(10(15)5-13-9)8-3-1-2-7(12)4-8/h1-6H. The Morgan fingerprint density at radius 2 is 2.20 bits per heavy atom. The molecule has 0 N–H and O–H groups in total. The van der Waals surface area contributed by atoms with Gasteiger partial charge in [-0.25, -0.2) is 9.37 Å². The predicted octanol–water partition coefficient (Wildman–Crippen LogP) is 2.13. The van der Waals surface area contributed by atoms with Crippen LogP contribution >= 0.6 is 15.9 Å². The fourth-order valence-electron chi connectivity index (χ4n) is 1.21. The first-order chi connectivity index (χ1) is 7.16. The molecule has 2 aromatic rings. The third-order valence-corrected chi connectivity index (χ3v) is 2.27. The lowest BCUT2D eigenvalue weighted by Crippen LogP contribution is -2.17. The van der Waals surface area contributed by atoms with Crippen LogP contribution in [0.2, 0.25) is 0 Å². The van der Waals surface area contributed by atoms with Gasteiger partial charge in [0.2, 0.25) is 0 Å². The zero-order chi connectivity index (χ0) is 10.8. The summed E-state index contributed by atoms with van der Waals surface area (Å²) in [4.78, 5) is 15.2. The molecule has 76 valence electrons. The van der Waals surface area contributed by atoms with E-state index < -0.39 is 0 Å². The summed E-state index contributed by atoms with van der Waals surface area (Å²) >= 11 is 3.15. The number of rotatable bonds is 1. The van der Waals surface area contributed by atoms with Gasteiger partial charge < -0.3 is 0 Å². The molecule has 5 heteroatoms. The molecule has 0 bridgehead atoms. The van der Waals surface area contributed by atoms with E-state index in [1.54, 1.807) is 12.1 Å². The van der Waals surface area contributed by atoms with Crippen molar-refractivity contribution in [3.8, 4) is 5.69 Å². The van der Waals surface area contributed by atoms with Gasteiger partial charge in [0, 0.05) is 6.20 Å². The Morgan fingerprint density at radius 3 is 2.93 bits per heavy atom. The lowest BCUT2D eigenvalue weighted by Gasteiger charge is -2.04. The summed E-state index contributed by atoms with van der Waals surface area (Å²) in [5.41, 5.74) is 0.173. The smallest absolute Gasteiger partial charge is 0.273 e. The zero-order valence-electron chi connectivity index (χ0n) is 7.52. The summed E-state index contributed by atoms with van der Waals surface area (Å²) in [6.45, 7) is 0. The minimum Gasteiger partial charge on any atom is -0.280 e. The first kappa shape index (κ1) is 10.0. The lowest BCUT2D eigenvalue weighted by atomic mass is 10.3. The maximum absolute atomic E-state index is 12.9. The fraction of sp³-hybridized carbons (Fsp3) is 0. The molecule has 0 radical (unpaired) electrons. The highest BCUT2D eigenvalue weighted by Crippen LogP contribution is 2.09. The van der Waals surface area contributed by atoms with Crippen LogP contribution in [-0.4, -0.2) is 9.55 Å². The molecule has 1 aromatic carbocycles. The van der Waals surface area contributed by atoms with Crippen LogP contribution in [0.4, 0.5) is 4.39 Å². The van der Waals surface area contributed by atoms with Crippen LogP contribution in [0.15, 0.2) is 46.1 Å². The molecule has 0 aliphatic carbocycles. The van der Waals surface area contributed by atoms with Crippen molar-refractivity contribution in [2.45, 2.75) is 0 Å². The maximum Gasteiger partial charge on any atom is 0.273 e. The summed E-state index contributed by atoms with van der Waals surface area (Å²) in [5, 5.41) is 0. The van der Waals surface area contributed by atoms with E-state index in [0.29, 0.717) is 10.3 Å². The van der Waals surface area contributed by atoms with Gasteiger partial charge in [-0.15, -0.1) is 0 Å². The van der Waals surface area contributed by atoms with Gasteiger partial charge in [-0.1, -0.05) is 6.07 Å². The van der Waals surface area contributed by atoms with Gasteiger partial charge in [0.15, 0.2) is 0 Å². The van der Waals surface area contributed by atoms with E-state index in [1.807, 2.05) is 0 Å². The van der Waals surface area contributed by atoms with Crippen LogP contribution in [0.25, 0.3) is 5.69 Å². The number of aromatic nitrogens is 2. The molecule has 0 amide bonds. The predicted molar refractivity (Wildman–Crippen MR) is 57.5 cm³/mol. The largest absolute Gasteiger partial charge is 0.280 e. The second-order valence-corrected chi connectivity index (χ2v) is 3.71. The Balaban J connectivity index is 2.63. The molecule has 0 saturated heterocycles. The van der Waals surface area contributed by atoms with E-state index >= 15 is 0 Å². The number of halogens is 2. The summed E-state index contributed by atoms with van der Waals surface area (Å²) in [6.07, 6.45) is 2.67. The van der Waals surface area contributed by atoms with E-state index in [-0.39, 0.29) is 11.4 Å². The molecule has 0 aliphatic heterocycles. The van der Waals surface area contributed by atoms with Crippen molar-refractivity contribution < 1.29 is 4.39 Å². The minimum atomic E-state index is -0.382. The Kier molecular flexibility index (Phi) is 2.64. The maximum atomic E-state index is 12.9. The Labute approximate surface area is 93.3 Å². The third kappa shape index (κ3) is 2.12. The van der Waals surface area contributed by atoms with Gasteiger partial charge in [0.05, 0.1) is 11.9 Å². The summed E-state index contributed by atoms with van der Waals surface area (Å²) < 4.78 is 14.8. The first-order valence-corrected chi connectivity index (χ1v) is 4.96. The van der Waals surface area contributed by atoms with E-state index in [9.17, 15) is 9.18 Å². The van der Waals surface area contributed by atoms with Crippen LogP contribution in [-0.2, 0) is 0 Å². The fourth-order valence-corrected chi connectivity index (χ4v) is 1.52. The van der Waals surface area contributed by atoms with Crippen LogP contribution in [0.3, 0.4) is 0 Å². The van der Waals surface area contributed by atoms with Gasteiger partial charge in [-0.3, -0.25) is 9.36 Å². The van der Waals surface area contributed by atoms with Gasteiger partial charge in [0.25, 0.3) is 5.56 Å². The molecule has 15 heavy (non-hydrogen) atoms. The first-order valence-electron chi connectivity index (χ1n) is 4.17. The normalized spacial score (nSPS) is 10.3. The Hall–Kier alpha value is -1.49. The van der Waals surface area contributed by atoms with Gasteiger partial charge in [0.1, 0.15) is 10.4 Å². The topological polar surface area (TPSA) is 34.9 Å². The zero-order valence-corrected chi connectivity index (χ0v) is 9.11. The van der Waals surface area contributed by atoms with E-state index in [2.05, 4.69) is 20.9 Å². The van der Waals surface area contributed by atoms with Gasteiger partial charge in [-0.2, -0.15) is 0 Å². The molecule has 0 spiro atoms. The van der Waals surface area contributed by atoms with Gasteiger partial charge >= 0.3 is 0 Å². The van der Waals surface area contributed by atoms with E-state index in [0.717, 1.165) is 0 Å². The second-order valence-electron chi connectivity index (χ2n) is 2.90. The molecule has 1 heterocycles. The van der Waals surface area contributed by atoms with Crippen molar-refractivity contribution in [1.29, 1.82) is 0 Å². The molecule has 0 unspecified atom stereocenters. The quantitative estimate of drug-likeness (QED) is 0.794. The van der Waals surface area contributed by atoms with Crippen LogP contribution < -0.4 is 5.56 Å². The molecular weight excluding hydrogens is 263 g/mol. The van der Waals surface area contributed by atoms with Crippen molar-refractivity contribution in [2.75, 3.05) is 0 Å². The molecule has 3 nitrogen and oxygen atoms in total. The average molecular weight is 269 g/mol. The molecule has 0 atom stereocenters. The molecule has 1 aromatic heterocycles. The highest BCUT2D eigenvalue weighted by atomic mass is 79.9. The molecule has 0 saturated carbocycles. The molecular formula is C10H6BrFN2O. The highest BCUT2D eigenvalue weighted by Gasteiger charge is 2.01. The highest BCUT2D eigenvalue weighted by molar-refractivity contribution is 9.10.